The van der Waals surface area contributed by atoms with Crippen molar-refractivity contribution in [2.24, 2.45) is 0 Å². The van der Waals surface area contributed by atoms with Crippen LogP contribution in [0.1, 0.15) is 22.7 Å². The van der Waals surface area contributed by atoms with E-state index in [1.54, 1.807) is 30.3 Å². The van der Waals surface area contributed by atoms with Crippen LogP contribution in [0.25, 0.3) is 5.76 Å². The lowest BCUT2D eigenvalue weighted by molar-refractivity contribution is -0.132. The molecule has 3 aromatic rings. The summed E-state index contributed by atoms with van der Waals surface area (Å²) in [6.45, 7) is 2.81. The molecule has 6 heteroatoms. The highest BCUT2D eigenvalue weighted by atomic mass is 16.6. The number of aliphatic hydroxyl groups excluding tert-OH is 1. The summed E-state index contributed by atoms with van der Waals surface area (Å²) in [5, 5.41) is 11.2. The van der Waals surface area contributed by atoms with Gasteiger partial charge in [0.15, 0.2) is 11.5 Å². The number of amides is 1. The number of nitrogens with zero attached hydrogens (tertiary/aromatic N) is 1. The van der Waals surface area contributed by atoms with E-state index in [-0.39, 0.29) is 11.3 Å². The number of hydrogen-bond acceptors (Lipinski definition) is 5. The summed E-state index contributed by atoms with van der Waals surface area (Å²) in [6, 6.07) is 20.8. The largest absolute Gasteiger partial charge is 0.507 e. The molecule has 0 aromatic heterocycles. The molecule has 0 saturated carbocycles. The predicted molar refractivity (Wildman–Crippen MR) is 120 cm³/mol. The molecule has 5 rings (SSSR count). The van der Waals surface area contributed by atoms with Crippen LogP contribution in [0.2, 0.25) is 0 Å². The van der Waals surface area contributed by atoms with Gasteiger partial charge in [-0.2, -0.15) is 0 Å². The Bertz CT molecular complexity index is 1230. The zero-order valence-corrected chi connectivity index (χ0v) is 17.4. The Labute approximate surface area is 185 Å². The highest BCUT2D eigenvalue weighted by molar-refractivity contribution is 6.51. The Balaban J connectivity index is 1.68. The maximum atomic E-state index is 13.2. The predicted octanol–water partition coefficient (Wildman–Crippen LogP) is 4.39. The highest BCUT2D eigenvalue weighted by Gasteiger charge is 2.46. The van der Waals surface area contributed by atoms with Crippen molar-refractivity contribution in [3.8, 4) is 11.5 Å². The molecular weight excluding hydrogens is 406 g/mol. The molecule has 2 aliphatic rings. The molecule has 0 aliphatic carbocycles. The molecule has 2 heterocycles. The van der Waals surface area contributed by atoms with E-state index in [1.807, 2.05) is 49.4 Å². The zero-order valence-electron chi connectivity index (χ0n) is 17.4. The van der Waals surface area contributed by atoms with Crippen molar-refractivity contribution in [2.75, 3.05) is 18.1 Å². The van der Waals surface area contributed by atoms with E-state index in [1.165, 1.54) is 4.90 Å². The summed E-state index contributed by atoms with van der Waals surface area (Å²) < 4.78 is 11.2. The number of ketones is 1. The fraction of sp³-hybridized carbons (Fsp3) is 0.154. The Kier molecular flexibility index (Phi) is 4.90. The normalized spacial score (nSPS) is 19.3. The zero-order chi connectivity index (χ0) is 22.2. The van der Waals surface area contributed by atoms with Gasteiger partial charge in [-0.05, 0) is 42.8 Å². The number of Topliss-reactive ketones (excluding diaryl/α,β-unsaturated/α-hetero) is 1. The number of hydrogen-bond donors (Lipinski definition) is 1. The quantitative estimate of drug-likeness (QED) is 0.381. The van der Waals surface area contributed by atoms with Crippen LogP contribution >= 0.6 is 0 Å². The fourth-order valence-corrected chi connectivity index (χ4v) is 4.10. The molecule has 0 spiro atoms. The van der Waals surface area contributed by atoms with Gasteiger partial charge in [0, 0.05) is 11.3 Å². The minimum absolute atomic E-state index is 0.0402. The molecule has 1 N–H and O–H groups in total. The Morgan fingerprint density at radius 3 is 2.31 bits per heavy atom. The molecule has 1 fully saturated rings. The van der Waals surface area contributed by atoms with Crippen LogP contribution in [0.5, 0.6) is 11.5 Å². The molecule has 0 bridgehead atoms. The van der Waals surface area contributed by atoms with E-state index in [0.29, 0.717) is 36.0 Å². The molecule has 0 radical (unpaired) electrons. The van der Waals surface area contributed by atoms with E-state index in [4.69, 9.17) is 9.47 Å². The van der Waals surface area contributed by atoms with Crippen molar-refractivity contribution < 1.29 is 24.2 Å². The Hall–Kier alpha value is -4.06. The minimum Gasteiger partial charge on any atom is -0.507 e. The molecular formula is C26H21NO5. The molecule has 1 unspecified atom stereocenters. The van der Waals surface area contributed by atoms with Gasteiger partial charge in [0.1, 0.15) is 19.0 Å². The topological polar surface area (TPSA) is 76.1 Å². The Morgan fingerprint density at radius 2 is 1.59 bits per heavy atom. The third-order valence-corrected chi connectivity index (χ3v) is 5.69. The summed E-state index contributed by atoms with van der Waals surface area (Å²) in [6.07, 6.45) is 0. The smallest absolute Gasteiger partial charge is 0.300 e. The van der Waals surface area contributed by atoms with Crippen molar-refractivity contribution in [3.05, 3.63) is 95.1 Å². The lowest BCUT2D eigenvalue weighted by Gasteiger charge is -2.25. The molecule has 1 saturated heterocycles. The van der Waals surface area contributed by atoms with E-state index in [2.05, 4.69) is 0 Å². The first kappa shape index (κ1) is 19.9. The summed E-state index contributed by atoms with van der Waals surface area (Å²) in [4.78, 5) is 27.8. The van der Waals surface area contributed by atoms with Gasteiger partial charge in [-0.25, -0.2) is 0 Å². The van der Waals surface area contributed by atoms with Crippen LogP contribution in [0.4, 0.5) is 5.69 Å². The number of aliphatic hydroxyl groups is 1. The van der Waals surface area contributed by atoms with Crippen LogP contribution in [0.3, 0.4) is 0 Å². The van der Waals surface area contributed by atoms with Crippen LogP contribution in [0.15, 0.2) is 78.4 Å². The van der Waals surface area contributed by atoms with E-state index < -0.39 is 17.7 Å². The number of fused-ring (bicyclic) bond motifs is 1. The number of carbonyl (C=O) groups excluding carboxylic acids is 2. The first-order valence-electron chi connectivity index (χ1n) is 10.4. The van der Waals surface area contributed by atoms with Gasteiger partial charge in [-0.1, -0.05) is 48.0 Å². The van der Waals surface area contributed by atoms with Crippen molar-refractivity contribution in [2.45, 2.75) is 13.0 Å². The van der Waals surface area contributed by atoms with Crippen molar-refractivity contribution in [1.29, 1.82) is 0 Å². The first-order chi connectivity index (χ1) is 15.5. The molecule has 1 amide bonds. The van der Waals surface area contributed by atoms with Gasteiger partial charge in [-0.3, -0.25) is 14.5 Å². The van der Waals surface area contributed by atoms with Gasteiger partial charge in [0.25, 0.3) is 11.7 Å². The maximum absolute atomic E-state index is 13.2. The maximum Gasteiger partial charge on any atom is 0.300 e. The lowest BCUT2D eigenvalue weighted by Crippen LogP contribution is -2.29. The van der Waals surface area contributed by atoms with Crippen LogP contribution in [-0.2, 0) is 9.59 Å². The second kappa shape index (κ2) is 7.89. The average Bonchev–Trinajstić information content (AvgIpc) is 3.10. The van der Waals surface area contributed by atoms with Gasteiger partial charge < -0.3 is 14.6 Å². The average molecular weight is 427 g/mol. The number of anilines is 1. The number of ether oxygens (including phenoxy) is 2. The molecule has 32 heavy (non-hydrogen) atoms. The molecule has 6 nitrogen and oxygen atoms in total. The summed E-state index contributed by atoms with van der Waals surface area (Å²) >= 11 is 0. The van der Waals surface area contributed by atoms with Gasteiger partial charge in [0.2, 0.25) is 0 Å². The number of benzene rings is 3. The third kappa shape index (κ3) is 3.30. The van der Waals surface area contributed by atoms with Crippen LogP contribution < -0.4 is 14.4 Å². The third-order valence-electron chi connectivity index (χ3n) is 5.69. The fourth-order valence-electron chi connectivity index (χ4n) is 4.10. The molecule has 1 atom stereocenters. The second-order valence-electron chi connectivity index (χ2n) is 7.77. The monoisotopic (exact) mass is 427 g/mol. The summed E-state index contributed by atoms with van der Waals surface area (Å²) in [5.41, 5.74) is 2.78. The molecule has 160 valence electrons. The molecule has 2 aliphatic heterocycles. The van der Waals surface area contributed by atoms with Gasteiger partial charge >= 0.3 is 0 Å². The SMILES string of the molecule is Cc1ccc(N2C(=O)C(=O)/C(=C(\O)c3ccc4c(c3)OCCO4)C2c2ccccc2)cc1. The van der Waals surface area contributed by atoms with Crippen LogP contribution in [0, 0.1) is 6.92 Å². The van der Waals surface area contributed by atoms with E-state index in [0.717, 1.165) is 11.1 Å². The highest BCUT2D eigenvalue weighted by Crippen LogP contribution is 2.43. The van der Waals surface area contributed by atoms with Crippen molar-refractivity contribution >= 4 is 23.1 Å². The number of aryl methyl sites for hydroxylation is 1. The summed E-state index contributed by atoms with van der Waals surface area (Å²) in [7, 11) is 0. The number of carbonyl (C=O) groups is 2. The minimum atomic E-state index is -0.757. The second-order valence-corrected chi connectivity index (χ2v) is 7.77. The standard InChI is InChI=1S/C26H21NO5/c1-16-7-10-19(11-8-16)27-23(17-5-3-2-4-6-17)22(25(29)26(27)30)24(28)18-9-12-20-21(15-18)32-14-13-31-20/h2-12,15,23,28H,13-14H2,1H3/b24-22-. The first-order valence-corrected chi connectivity index (χ1v) is 10.4. The van der Waals surface area contributed by atoms with Crippen LogP contribution in [-0.4, -0.2) is 30.0 Å². The number of rotatable bonds is 3. The van der Waals surface area contributed by atoms with Gasteiger partial charge in [-0.15, -0.1) is 0 Å². The van der Waals surface area contributed by atoms with E-state index >= 15 is 0 Å². The Morgan fingerprint density at radius 1 is 0.906 bits per heavy atom. The van der Waals surface area contributed by atoms with Crippen molar-refractivity contribution in [3.63, 3.8) is 0 Å². The summed E-state index contributed by atoms with van der Waals surface area (Å²) in [5.74, 6) is -0.589. The molecule has 3 aromatic carbocycles. The lowest BCUT2D eigenvalue weighted by atomic mass is 9.95. The van der Waals surface area contributed by atoms with Gasteiger partial charge in [0.05, 0.1) is 11.6 Å². The van der Waals surface area contributed by atoms with E-state index in [9.17, 15) is 14.7 Å². The van der Waals surface area contributed by atoms with Crippen molar-refractivity contribution in [1.82, 2.24) is 0 Å².